The van der Waals surface area contributed by atoms with E-state index < -0.39 is 0 Å². The van der Waals surface area contributed by atoms with Gasteiger partial charge in [0.1, 0.15) is 11.4 Å². The first-order chi connectivity index (χ1) is 9.66. The number of rotatable bonds is 6. The number of benzene rings is 1. The first-order valence-corrected chi connectivity index (χ1v) is 7.61. The largest absolute Gasteiger partial charge is 0.492 e. The summed E-state index contributed by atoms with van der Waals surface area (Å²) in [6, 6.07) is 5.06. The van der Waals surface area contributed by atoms with E-state index in [1.807, 2.05) is 0 Å². The zero-order valence-electron chi connectivity index (χ0n) is 10.4. The average molecular weight is 331 g/mol. The van der Waals surface area contributed by atoms with Gasteiger partial charge in [0.05, 0.1) is 17.1 Å². The molecule has 4 nitrogen and oxygen atoms in total. The van der Waals surface area contributed by atoms with E-state index >= 15 is 0 Å². The van der Waals surface area contributed by atoms with Crippen molar-refractivity contribution in [1.29, 1.82) is 0 Å². The number of amides is 1. The highest BCUT2D eigenvalue weighted by molar-refractivity contribution is 7.07. The SMILES string of the molecule is O=C(NCCCOc1ccc(Cl)cc1Cl)c1cscn1. The van der Waals surface area contributed by atoms with Crippen molar-refractivity contribution < 1.29 is 9.53 Å². The van der Waals surface area contributed by atoms with Gasteiger partial charge in [-0.2, -0.15) is 0 Å². The molecule has 0 unspecified atom stereocenters. The van der Waals surface area contributed by atoms with E-state index in [0.717, 1.165) is 0 Å². The third kappa shape index (κ3) is 4.37. The molecule has 106 valence electrons. The number of halogens is 2. The van der Waals surface area contributed by atoms with Gasteiger partial charge in [-0.15, -0.1) is 11.3 Å². The van der Waals surface area contributed by atoms with Crippen molar-refractivity contribution in [3.8, 4) is 5.75 Å². The maximum Gasteiger partial charge on any atom is 0.270 e. The molecule has 0 saturated heterocycles. The lowest BCUT2D eigenvalue weighted by molar-refractivity contribution is 0.0947. The Morgan fingerprint density at radius 2 is 2.25 bits per heavy atom. The van der Waals surface area contributed by atoms with Crippen LogP contribution in [0.1, 0.15) is 16.9 Å². The molecule has 1 amide bonds. The summed E-state index contributed by atoms with van der Waals surface area (Å²) < 4.78 is 5.51. The molecule has 0 aliphatic rings. The van der Waals surface area contributed by atoms with Crippen LogP contribution in [0.2, 0.25) is 10.0 Å². The average Bonchev–Trinajstić information content (AvgIpc) is 2.94. The van der Waals surface area contributed by atoms with Gasteiger partial charge in [-0.3, -0.25) is 4.79 Å². The third-order valence-corrected chi connectivity index (χ3v) is 3.54. The van der Waals surface area contributed by atoms with Gasteiger partial charge in [-0.05, 0) is 24.6 Å². The molecule has 0 spiro atoms. The molecule has 7 heteroatoms. The van der Waals surface area contributed by atoms with Crippen LogP contribution in [-0.2, 0) is 0 Å². The van der Waals surface area contributed by atoms with Gasteiger partial charge in [0.15, 0.2) is 0 Å². The summed E-state index contributed by atoms with van der Waals surface area (Å²) in [6.45, 7) is 0.972. The summed E-state index contributed by atoms with van der Waals surface area (Å²) in [5.41, 5.74) is 2.07. The third-order valence-electron chi connectivity index (χ3n) is 2.42. The van der Waals surface area contributed by atoms with Crippen LogP contribution in [0.25, 0.3) is 0 Å². The first kappa shape index (κ1) is 15.1. The Kier molecular flexibility index (Phi) is 5.64. The number of thiazole rings is 1. The minimum absolute atomic E-state index is 0.171. The Labute approximate surface area is 130 Å². The molecule has 1 heterocycles. The fraction of sp³-hybridized carbons (Fsp3) is 0.231. The molecule has 0 saturated carbocycles. The molecular formula is C13H12Cl2N2O2S. The van der Waals surface area contributed by atoms with E-state index in [2.05, 4.69) is 10.3 Å². The maximum atomic E-state index is 11.6. The van der Waals surface area contributed by atoms with E-state index in [1.165, 1.54) is 11.3 Å². The smallest absolute Gasteiger partial charge is 0.270 e. The predicted octanol–water partition coefficient (Wildman–Crippen LogP) is 3.65. The van der Waals surface area contributed by atoms with E-state index in [-0.39, 0.29) is 5.91 Å². The Bertz CT molecular complexity index is 576. The molecular weight excluding hydrogens is 319 g/mol. The normalized spacial score (nSPS) is 10.3. The fourth-order valence-corrected chi connectivity index (χ4v) is 2.46. The molecule has 1 N–H and O–H groups in total. The standard InChI is InChI=1S/C13H12Cl2N2O2S/c14-9-2-3-12(10(15)6-9)19-5-1-4-16-13(18)11-7-20-8-17-11/h2-3,6-8H,1,4-5H2,(H,16,18). The minimum Gasteiger partial charge on any atom is -0.492 e. The molecule has 0 atom stereocenters. The van der Waals surface area contributed by atoms with Crippen LogP contribution in [0, 0.1) is 0 Å². The van der Waals surface area contributed by atoms with E-state index in [4.69, 9.17) is 27.9 Å². The number of ether oxygens (including phenoxy) is 1. The van der Waals surface area contributed by atoms with Crippen LogP contribution in [0.4, 0.5) is 0 Å². The molecule has 0 radical (unpaired) electrons. The molecule has 0 aliphatic carbocycles. The van der Waals surface area contributed by atoms with Gasteiger partial charge in [0, 0.05) is 16.9 Å². The maximum absolute atomic E-state index is 11.6. The number of hydrogen-bond acceptors (Lipinski definition) is 4. The second-order valence-corrected chi connectivity index (χ2v) is 5.47. The second kappa shape index (κ2) is 7.47. The summed E-state index contributed by atoms with van der Waals surface area (Å²) in [5.74, 6) is 0.415. The van der Waals surface area contributed by atoms with Gasteiger partial charge < -0.3 is 10.1 Å². The highest BCUT2D eigenvalue weighted by Crippen LogP contribution is 2.27. The quantitative estimate of drug-likeness (QED) is 0.822. The second-order valence-electron chi connectivity index (χ2n) is 3.91. The lowest BCUT2D eigenvalue weighted by atomic mass is 10.3. The van der Waals surface area contributed by atoms with Crippen molar-refractivity contribution in [1.82, 2.24) is 10.3 Å². The Morgan fingerprint density at radius 1 is 1.40 bits per heavy atom. The summed E-state index contributed by atoms with van der Waals surface area (Å²) >= 11 is 13.2. The van der Waals surface area contributed by atoms with Crippen LogP contribution in [-0.4, -0.2) is 24.0 Å². The molecule has 1 aromatic carbocycles. The first-order valence-electron chi connectivity index (χ1n) is 5.91. The van der Waals surface area contributed by atoms with Crippen molar-refractivity contribution in [3.63, 3.8) is 0 Å². The molecule has 2 aromatic rings. The number of aromatic nitrogens is 1. The van der Waals surface area contributed by atoms with Crippen LogP contribution >= 0.6 is 34.5 Å². The van der Waals surface area contributed by atoms with Crippen molar-refractivity contribution >= 4 is 40.4 Å². The molecule has 0 fully saturated rings. The summed E-state index contributed by atoms with van der Waals surface area (Å²) in [4.78, 5) is 15.5. The fourth-order valence-electron chi connectivity index (χ4n) is 1.46. The Hall–Kier alpha value is -1.30. The molecule has 0 bridgehead atoms. The monoisotopic (exact) mass is 330 g/mol. The zero-order chi connectivity index (χ0) is 14.4. The summed E-state index contributed by atoms with van der Waals surface area (Å²) in [5, 5.41) is 5.52. The van der Waals surface area contributed by atoms with Gasteiger partial charge in [0.2, 0.25) is 0 Å². The van der Waals surface area contributed by atoms with Gasteiger partial charge in [-0.25, -0.2) is 4.98 Å². The number of nitrogens with one attached hydrogen (secondary N) is 1. The lowest BCUT2D eigenvalue weighted by Crippen LogP contribution is -2.25. The highest BCUT2D eigenvalue weighted by Gasteiger charge is 2.06. The Morgan fingerprint density at radius 3 is 2.95 bits per heavy atom. The summed E-state index contributed by atoms with van der Waals surface area (Å²) in [7, 11) is 0. The van der Waals surface area contributed by atoms with Crippen LogP contribution in [0.15, 0.2) is 29.1 Å². The van der Waals surface area contributed by atoms with Crippen LogP contribution < -0.4 is 10.1 Å². The van der Waals surface area contributed by atoms with Crippen molar-refractivity contribution in [3.05, 3.63) is 44.8 Å². The van der Waals surface area contributed by atoms with E-state index in [9.17, 15) is 4.79 Å². The van der Waals surface area contributed by atoms with Gasteiger partial charge in [0.25, 0.3) is 5.91 Å². The number of carbonyl (C=O) groups excluding carboxylic acids is 1. The van der Waals surface area contributed by atoms with Crippen molar-refractivity contribution in [2.24, 2.45) is 0 Å². The van der Waals surface area contributed by atoms with Crippen molar-refractivity contribution in [2.45, 2.75) is 6.42 Å². The molecule has 0 aliphatic heterocycles. The number of carbonyl (C=O) groups is 1. The molecule has 20 heavy (non-hydrogen) atoms. The van der Waals surface area contributed by atoms with Gasteiger partial charge >= 0.3 is 0 Å². The zero-order valence-corrected chi connectivity index (χ0v) is 12.8. The van der Waals surface area contributed by atoms with Gasteiger partial charge in [-0.1, -0.05) is 23.2 Å². The van der Waals surface area contributed by atoms with Crippen molar-refractivity contribution in [2.75, 3.05) is 13.2 Å². The van der Waals surface area contributed by atoms with Crippen LogP contribution in [0.5, 0.6) is 5.75 Å². The van der Waals surface area contributed by atoms with E-state index in [1.54, 1.807) is 29.1 Å². The highest BCUT2D eigenvalue weighted by atomic mass is 35.5. The van der Waals surface area contributed by atoms with E-state index in [0.29, 0.717) is 41.1 Å². The molecule has 1 aromatic heterocycles. The molecule has 2 rings (SSSR count). The number of nitrogens with zero attached hydrogens (tertiary/aromatic N) is 1. The lowest BCUT2D eigenvalue weighted by Gasteiger charge is -2.08. The topological polar surface area (TPSA) is 51.2 Å². The Balaban J connectivity index is 1.68. The summed E-state index contributed by atoms with van der Waals surface area (Å²) in [6.07, 6.45) is 0.675. The predicted molar refractivity (Wildman–Crippen MR) is 81.0 cm³/mol. The number of hydrogen-bond donors (Lipinski definition) is 1. The van der Waals surface area contributed by atoms with Crippen LogP contribution in [0.3, 0.4) is 0 Å². The minimum atomic E-state index is -0.171.